The number of hydrogen-bond donors (Lipinski definition) is 0. The Morgan fingerprint density at radius 2 is 2.04 bits per heavy atom. The summed E-state index contributed by atoms with van der Waals surface area (Å²) in [5.74, 6) is 0.851. The molecule has 0 saturated carbocycles. The maximum atomic E-state index is 4.76. The van der Waals surface area contributed by atoms with E-state index in [1.807, 2.05) is 6.07 Å². The molecule has 0 bridgehead atoms. The van der Waals surface area contributed by atoms with Crippen molar-refractivity contribution in [1.82, 2.24) is 14.5 Å². The molecular formula is C17H15N3S3. The fourth-order valence-corrected chi connectivity index (χ4v) is 5.11. The normalized spacial score (nSPS) is 11.3. The average molecular weight is 358 g/mol. The van der Waals surface area contributed by atoms with Crippen LogP contribution in [-0.2, 0) is 12.3 Å². The van der Waals surface area contributed by atoms with Gasteiger partial charge in [0.05, 0.1) is 16.7 Å². The zero-order chi connectivity index (χ0) is 15.6. The van der Waals surface area contributed by atoms with Gasteiger partial charge in [-0.25, -0.2) is 9.97 Å². The third-order valence-electron chi connectivity index (χ3n) is 3.60. The Morgan fingerprint density at radius 3 is 2.87 bits per heavy atom. The predicted octanol–water partition coefficient (Wildman–Crippen LogP) is 5.53. The summed E-state index contributed by atoms with van der Waals surface area (Å²) in [6, 6.07) is 10.4. The lowest BCUT2D eigenvalue weighted by molar-refractivity contribution is 0.702. The molecule has 23 heavy (non-hydrogen) atoms. The van der Waals surface area contributed by atoms with Crippen LogP contribution in [0.4, 0.5) is 0 Å². The second-order valence-corrected chi connectivity index (χ2v) is 7.65. The number of thiophene rings is 1. The van der Waals surface area contributed by atoms with Gasteiger partial charge in [0.2, 0.25) is 0 Å². The maximum absolute atomic E-state index is 4.76. The van der Waals surface area contributed by atoms with Crippen LogP contribution in [0.3, 0.4) is 0 Å². The molecule has 116 valence electrons. The van der Waals surface area contributed by atoms with Gasteiger partial charge in [-0.1, -0.05) is 23.9 Å². The molecule has 0 N–H and O–H groups in total. The van der Waals surface area contributed by atoms with Crippen molar-refractivity contribution >= 4 is 45.5 Å². The molecule has 6 heteroatoms. The number of aromatic nitrogens is 3. The number of imidazole rings is 1. The van der Waals surface area contributed by atoms with E-state index < -0.39 is 0 Å². The smallest absolute Gasteiger partial charge is 0.169 e. The highest BCUT2D eigenvalue weighted by atomic mass is 32.2. The van der Waals surface area contributed by atoms with Crippen molar-refractivity contribution in [3.8, 4) is 10.6 Å². The molecule has 3 heterocycles. The van der Waals surface area contributed by atoms with Gasteiger partial charge in [0, 0.05) is 28.6 Å². The van der Waals surface area contributed by atoms with Crippen LogP contribution in [0.5, 0.6) is 0 Å². The Kier molecular flexibility index (Phi) is 4.20. The molecule has 1 aromatic carbocycles. The van der Waals surface area contributed by atoms with E-state index >= 15 is 0 Å². The Morgan fingerprint density at radius 1 is 1.13 bits per heavy atom. The van der Waals surface area contributed by atoms with Crippen LogP contribution < -0.4 is 0 Å². The third-order valence-corrected chi connectivity index (χ3v) is 6.24. The number of hydrogen-bond acceptors (Lipinski definition) is 5. The minimum Gasteiger partial charge on any atom is -0.319 e. The maximum Gasteiger partial charge on any atom is 0.169 e. The third kappa shape index (κ3) is 2.94. The molecule has 0 radical (unpaired) electrons. The van der Waals surface area contributed by atoms with E-state index in [0.29, 0.717) is 0 Å². The second-order valence-electron chi connectivity index (χ2n) is 5.07. The summed E-state index contributed by atoms with van der Waals surface area (Å²) in [5.41, 5.74) is 4.61. The summed E-state index contributed by atoms with van der Waals surface area (Å²) in [7, 11) is 0. The van der Waals surface area contributed by atoms with Gasteiger partial charge in [0.15, 0.2) is 5.16 Å². The molecule has 0 fully saturated rings. The topological polar surface area (TPSA) is 30.7 Å². The quantitative estimate of drug-likeness (QED) is 0.440. The molecule has 3 aromatic heterocycles. The largest absolute Gasteiger partial charge is 0.319 e. The van der Waals surface area contributed by atoms with Crippen molar-refractivity contribution in [1.29, 1.82) is 0 Å². The van der Waals surface area contributed by atoms with Crippen LogP contribution in [0.25, 0.3) is 21.6 Å². The number of thiazole rings is 1. The Balaban J connectivity index is 1.55. The van der Waals surface area contributed by atoms with Crippen LogP contribution in [0, 0.1) is 0 Å². The van der Waals surface area contributed by atoms with E-state index in [1.54, 1.807) is 34.4 Å². The first-order valence-electron chi connectivity index (χ1n) is 7.40. The van der Waals surface area contributed by atoms with Crippen molar-refractivity contribution in [2.75, 3.05) is 0 Å². The van der Waals surface area contributed by atoms with Gasteiger partial charge in [0.25, 0.3) is 0 Å². The standard InChI is InChI=1S/C17H15N3S3/c1-2-20-15-6-4-3-5-14(15)19-17(20)23-11-13-10-22-16(18-13)12-7-8-21-9-12/h3-10H,2,11H2,1H3. The van der Waals surface area contributed by atoms with E-state index in [1.165, 1.54) is 11.1 Å². The van der Waals surface area contributed by atoms with Gasteiger partial charge in [-0.05, 0) is 30.5 Å². The van der Waals surface area contributed by atoms with Crippen molar-refractivity contribution in [3.63, 3.8) is 0 Å². The van der Waals surface area contributed by atoms with Gasteiger partial charge in [-0.15, -0.1) is 11.3 Å². The van der Waals surface area contributed by atoms with Crippen molar-refractivity contribution in [2.24, 2.45) is 0 Å². The lowest BCUT2D eigenvalue weighted by atomic mass is 10.3. The van der Waals surface area contributed by atoms with Crippen LogP contribution in [-0.4, -0.2) is 14.5 Å². The molecule has 4 rings (SSSR count). The highest BCUT2D eigenvalue weighted by Gasteiger charge is 2.11. The number of thioether (sulfide) groups is 1. The number of nitrogens with zero attached hydrogens (tertiary/aromatic N) is 3. The van der Waals surface area contributed by atoms with Crippen LogP contribution >= 0.6 is 34.4 Å². The molecule has 4 aromatic rings. The fraction of sp³-hybridized carbons (Fsp3) is 0.176. The number of aryl methyl sites for hydroxylation is 1. The number of benzene rings is 1. The van der Waals surface area contributed by atoms with Gasteiger partial charge in [-0.2, -0.15) is 11.3 Å². The van der Waals surface area contributed by atoms with Crippen LogP contribution in [0.15, 0.2) is 51.6 Å². The van der Waals surface area contributed by atoms with Gasteiger partial charge in [-0.3, -0.25) is 0 Å². The summed E-state index contributed by atoms with van der Waals surface area (Å²) in [4.78, 5) is 9.50. The zero-order valence-electron chi connectivity index (χ0n) is 12.6. The van der Waals surface area contributed by atoms with E-state index in [4.69, 9.17) is 9.97 Å². The number of rotatable bonds is 5. The van der Waals surface area contributed by atoms with E-state index in [2.05, 4.69) is 51.9 Å². The Bertz CT molecular complexity index is 922. The van der Waals surface area contributed by atoms with Gasteiger partial charge >= 0.3 is 0 Å². The first kappa shape index (κ1) is 14.9. The first-order valence-corrected chi connectivity index (χ1v) is 10.2. The van der Waals surface area contributed by atoms with E-state index in [0.717, 1.165) is 33.7 Å². The molecule has 0 atom stereocenters. The summed E-state index contributed by atoms with van der Waals surface area (Å²) in [6.07, 6.45) is 0. The Labute approximate surface area is 147 Å². The molecule has 0 aliphatic heterocycles. The van der Waals surface area contributed by atoms with E-state index in [9.17, 15) is 0 Å². The molecule has 0 aliphatic carbocycles. The monoisotopic (exact) mass is 357 g/mol. The minimum absolute atomic E-state index is 0.851. The molecule has 0 aliphatic rings. The van der Waals surface area contributed by atoms with Crippen molar-refractivity contribution in [3.05, 3.63) is 52.2 Å². The SMILES string of the molecule is CCn1c(SCc2csc(-c3ccsc3)n2)nc2ccccc21. The summed E-state index contributed by atoms with van der Waals surface area (Å²) >= 11 is 5.18. The lowest BCUT2D eigenvalue weighted by Crippen LogP contribution is -1.96. The average Bonchev–Trinajstić information content (AvgIpc) is 3.30. The Hall–Kier alpha value is -1.63. The predicted molar refractivity (Wildman–Crippen MR) is 100 cm³/mol. The summed E-state index contributed by atoms with van der Waals surface area (Å²) in [5, 5.41) is 8.56. The summed E-state index contributed by atoms with van der Waals surface area (Å²) < 4.78 is 2.27. The van der Waals surface area contributed by atoms with Crippen LogP contribution in [0.1, 0.15) is 12.6 Å². The number of fused-ring (bicyclic) bond motifs is 1. The molecule has 0 unspecified atom stereocenters. The zero-order valence-corrected chi connectivity index (χ0v) is 15.0. The first-order chi connectivity index (χ1) is 11.3. The molecule has 0 amide bonds. The highest BCUT2D eigenvalue weighted by molar-refractivity contribution is 7.98. The molecular weight excluding hydrogens is 342 g/mol. The lowest BCUT2D eigenvalue weighted by Gasteiger charge is -2.04. The van der Waals surface area contributed by atoms with Gasteiger partial charge < -0.3 is 4.57 Å². The fourth-order valence-electron chi connectivity index (χ4n) is 2.50. The molecule has 0 spiro atoms. The van der Waals surface area contributed by atoms with Gasteiger partial charge in [0.1, 0.15) is 5.01 Å². The van der Waals surface area contributed by atoms with Crippen molar-refractivity contribution < 1.29 is 0 Å². The molecule has 3 nitrogen and oxygen atoms in total. The van der Waals surface area contributed by atoms with Crippen LogP contribution in [0.2, 0.25) is 0 Å². The van der Waals surface area contributed by atoms with Crippen molar-refractivity contribution in [2.45, 2.75) is 24.4 Å². The number of para-hydroxylation sites is 2. The highest BCUT2D eigenvalue weighted by Crippen LogP contribution is 2.30. The minimum atomic E-state index is 0.851. The molecule has 0 saturated heterocycles. The van der Waals surface area contributed by atoms with E-state index in [-0.39, 0.29) is 0 Å². The second kappa shape index (κ2) is 6.47. The summed E-state index contributed by atoms with van der Waals surface area (Å²) in [6.45, 7) is 3.09.